The molecule has 0 aliphatic carbocycles. The van der Waals surface area contributed by atoms with E-state index in [4.69, 9.17) is 0 Å². The monoisotopic (exact) mass is 336 g/mol. The highest BCUT2D eigenvalue weighted by Gasteiger charge is 2.35. The number of hydrogen-bond acceptors (Lipinski definition) is 5. The molecule has 2 aromatic rings. The Hall–Kier alpha value is -1.48. The van der Waals surface area contributed by atoms with E-state index in [1.54, 1.807) is 19.1 Å². The van der Waals surface area contributed by atoms with Crippen LogP contribution in [-0.4, -0.2) is 24.1 Å². The molecule has 2 rings (SSSR count). The van der Waals surface area contributed by atoms with E-state index in [1.165, 1.54) is 18.3 Å². The number of aryl methyl sites for hydroxylation is 1. The van der Waals surface area contributed by atoms with E-state index in [2.05, 4.69) is 9.97 Å². The second-order valence-electron chi connectivity index (χ2n) is 4.23. The van der Waals surface area contributed by atoms with Crippen LogP contribution in [0.4, 0.5) is 13.2 Å². The fraction of sp³-hybridized carbons (Fsp3) is 0.333. The third-order valence-electron chi connectivity index (χ3n) is 2.65. The highest BCUT2D eigenvalue weighted by Crippen LogP contribution is 2.33. The van der Waals surface area contributed by atoms with E-state index in [9.17, 15) is 21.6 Å². The molecule has 4 nitrogen and oxygen atoms in total. The summed E-state index contributed by atoms with van der Waals surface area (Å²) in [7, 11) is -3.92. The van der Waals surface area contributed by atoms with Gasteiger partial charge in [-0.1, -0.05) is 6.92 Å². The fourth-order valence-electron chi connectivity index (χ4n) is 1.54. The van der Waals surface area contributed by atoms with Crippen LogP contribution >= 0.6 is 11.3 Å². The Balaban J connectivity index is 2.69. The maximum atomic E-state index is 12.9. The molecule has 2 aromatic heterocycles. The van der Waals surface area contributed by atoms with Gasteiger partial charge in [-0.05, 0) is 25.1 Å². The van der Waals surface area contributed by atoms with Gasteiger partial charge in [0.25, 0.3) is 0 Å². The highest BCUT2D eigenvalue weighted by molar-refractivity contribution is 7.91. The van der Waals surface area contributed by atoms with Gasteiger partial charge in [0.2, 0.25) is 15.0 Å². The van der Waals surface area contributed by atoms with Crippen LogP contribution in [0.3, 0.4) is 0 Å². The SMILES string of the molecule is CCS(=O)(=O)c1nc(-c2ccc(C)s2)cc(C(F)(F)F)n1. The van der Waals surface area contributed by atoms with Crippen molar-refractivity contribution >= 4 is 21.2 Å². The molecule has 2 heterocycles. The van der Waals surface area contributed by atoms with Crippen LogP contribution in [-0.2, 0) is 16.0 Å². The van der Waals surface area contributed by atoms with Crippen LogP contribution in [0.15, 0.2) is 23.4 Å². The summed E-state index contributed by atoms with van der Waals surface area (Å²) in [5, 5.41) is -0.791. The second-order valence-corrected chi connectivity index (χ2v) is 7.69. The summed E-state index contributed by atoms with van der Waals surface area (Å²) in [5.74, 6) is -0.364. The second kappa shape index (κ2) is 5.38. The van der Waals surface area contributed by atoms with Crippen molar-refractivity contribution in [1.29, 1.82) is 0 Å². The summed E-state index contributed by atoms with van der Waals surface area (Å²) in [4.78, 5) is 8.30. The van der Waals surface area contributed by atoms with Gasteiger partial charge in [0.05, 0.1) is 16.3 Å². The molecule has 9 heteroatoms. The van der Waals surface area contributed by atoms with Gasteiger partial charge in [-0.3, -0.25) is 0 Å². The number of aromatic nitrogens is 2. The Kier molecular flexibility index (Phi) is 4.07. The van der Waals surface area contributed by atoms with Gasteiger partial charge in [0, 0.05) is 4.88 Å². The molecule has 0 N–H and O–H groups in total. The lowest BCUT2D eigenvalue weighted by Gasteiger charge is -2.09. The first-order valence-corrected chi connectivity index (χ1v) is 8.36. The van der Waals surface area contributed by atoms with Gasteiger partial charge in [-0.2, -0.15) is 13.2 Å². The fourth-order valence-corrected chi connectivity index (χ4v) is 3.10. The predicted octanol–water partition coefficient (Wildman–Crippen LogP) is 3.33. The number of halogens is 3. The van der Waals surface area contributed by atoms with Crippen molar-refractivity contribution < 1.29 is 21.6 Å². The Morgan fingerprint density at radius 3 is 2.38 bits per heavy atom. The molecular formula is C12H11F3N2O2S2. The molecular weight excluding hydrogens is 325 g/mol. The summed E-state index contributed by atoms with van der Waals surface area (Å²) in [6.45, 7) is 3.12. The zero-order valence-electron chi connectivity index (χ0n) is 11.1. The van der Waals surface area contributed by atoms with Crippen molar-refractivity contribution in [3.8, 4) is 10.6 Å². The van der Waals surface area contributed by atoms with Crippen LogP contribution in [0.2, 0.25) is 0 Å². The molecule has 0 atom stereocenters. The minimum absolute atomic E-state index is 0.0394. The quantitative estimate of drug-likeness (QED) is 0.807. The van der Waals surface area contributed by atoms with Crippen molar-refractivity contribution in [2.75, 3.05) is 5.75 Å². The van der Waals surface area contributed by atoms with Crippen molar-refractivity contribution in [2.45, 2.75) is 25.2 Å². The van der Waals surface area contributed by atoms with Crippen molar-refractivity contribution in [1.82, 2.24) is 9.97 Å². The Labute approximate surface area is 123 Å². The first-order chi connectivity index (χ1) is 9.63. The summed E-state index contributed by atoms with van der Waals surface area (Å²) < 4.78 is 62.2. The summed E-state index contributed by atoms with van der Waals surface area (Å²) in [6.07, 6.45) is -4.73. The zero-order valence-corrected chi connectivity index (χ0v) is 12.7. The number of rotatable bonds is 3. The van der Waals surface area contributed by atoms with Gasteiger partial charge in [0.15, 0.2) is 0 Å². The lowest BCUT2D eigenvalue weighted by atomic mass is 10.3. The molecule has 0 aliphatic heterocycles. The van der Waals surface area contributed by atoms with E-state index in [0.717, 1.165) is 10.9 Å². The van der Waals surface area contributed by atoms with Gasteiger partial charge < -0.3 is 0 Å². The van der Waals surface area contributed by atoms with Gasteiger partial charge in [-0.15, -0.1) is 11.3 Å². The van der Waals surface area contributed by atoms with Gasteiger partial charge in [-0.25, -0.2) is 18.4 Å². The first-order valence-electron chi connectivity index (χ1n) is 5.89. The number of alkyl halides is 3. The number of sulfone groups is 1. The van der Waals surface area contributed by atoms with E-state index in [-0.39, 0.29) is 11.4 Å². The minimum Gasteiger partial charge on any atom is -0.220 e. The molecule has 0 unspecified atom stereocenters. The lowest BCUT2D eigenvalue weighted by molar-refractivity contribution is -0.141. The molecule has 114 valence electrons. The van der Waals surface area contributed by atoms with Crippen LogP contribution in [0.25, 0.3) is 10.6 Å². The van der Waals surface area contributed by atoms with Crippen molar-refractivity contribution in [3.05, 3.63) is 28.8 Å². The Bertz CT molecular complexity index is 767. The normalized spacial score (nSPS) is 12.6. The van der Waals surface area contributed by atoms with E-state index >= 15 is 0 Å². The van der Waals surface area contributed by atoms with Crippen molar-refractivity contribution in [3.63, 3.8) is 0 Å². The molecule has 0 spiro atoms. The third-order valence-corrected chi connectivity index (χ3v) is 5.17. The standard InChI is InChI=1S/C12H11F3N2O2S2/c1-3-21(18,19)11-16-8(9-5-4-7(2)20-9)6-10(17-11)12(13,14)15/h4-6H,3H2,1-2H3. The topological polar surface area (TPSA) is 59.9 Å². The predicted molar refractivity (Wildman–Crippen MR) is 72.8 cm³/mol. The molecule has 21 heavy (non-hydrogen) atoms. The van der Waals surface area contributed by atoms with Crippen LogP contribution in [0, 0.1) is 6.92 Å². The summed E-state index contributed by atoms with van der Waals surface area (Å²) in [5.41, 5.74) is -1.30. The van der Waals surface area contributed by atoms with Crippen molar-refractivity contribution in [2.24, 2.45) is 0 Å². The smallest absolute Gasteiger partial charge is 0.220 e. The third kappa shape index (κ3) is 3.41. The van der Waals surface area contributed by atoms with Gasteiger partial charge in [0.1, 0.15) is 5.69 Å². The Morgan fingerprint density at radius 2 is 1.90 bits per heavy atom. The largest absolute Gasteiger partial charge is 0.433 e. The number of hydrogen-bond donors (Lipinski definition) is 0. The molecule has 0 bridgehead atoms. The van der Waals surface area contributed by atoms with Crippen LogP contribution in [0.5, 0.6) is 0 Å². The maximum absolute atomic E-state index is 12.9. The first kappa shape index (κ1) is 15.9. The molecule has 0 amide bonds. The average Bonchev–Trinajstić information content (AvgIpc) is 2.84. The summed E-state index contributed by atoms with van der Waals surface area (Å²) in [6, 6.07) is 4.09. The number of thiophene rings is 1. The number of nitrogens with zero attached hydrogens (tertiary/aromatic N) is 2. The highest BCUT2D eigenvalue weighted by atomic mass is 32.2. The average molecular weight is 336 g/mol. The maximum Gasteiger partial charge on any atom is 0.433 e. The minimum atomic E-state index is -4.73. The zero-order chi connectivity index (χ0) is 15.8. The molecule has 0 saturated heterocycles. The van der Waals surface area contributed by atoms with Gasteiger partial charge >= 0.3 is 6.18 Å². The summed E-state index contributed by atoms with van der Waals surface area (Å²) >= 11 is 1.23. The molecule has 0 radical (unpaired) electrons. The van der Waals surface area contributed by atoms with E-state index in [0.29, 0.717) is 4.88 Å². The molecule has 0 aromatic carbocycles. The molecule has 0 aliphatic rings. The van der Waals surface area contributed by atoms with Crippen LogP contribution in [0.1, 0.15) is 17.5 Å². The molecule has 0 saturated carbocycles. The van der Waals surface area contributed by atoms with Crippen LogP contribution < -0.4 is 0 Å². The lowest BCUT2D eigenvalue weighted by Crippen LogP contribution is -2.15. The van der Waals surface area contributed by atoms with E-state index in [1.807, 2.05) is 0 Å². The van der Waals surface area contributed by atoms with E-state index < -0.39 is 26.9 Å². The molecule has 0 fully saturated rings. The Morgan fingerprint density at radius 1 is 1.24 bits per heavy atom.